The third-order valence-corrected chi connectivity index (χ3v) is 5.48. The molecule has 2 rings (SSSR count). The summed E-state index contributed by atoms with van der Waals surface area (Å²) in [7, 11) is -1.69. The lowest BCUT2D eigenvalue weighted by atomic mass is 10.1. The topological polar surface area (TPSA) is 75.7 Å². The Morgan fingerprint density at radius 2 is 1.70 bits per heavy atom. The first-order valence-corrected chi connectivity index (χ1v) is 10.5. The maximum absolute atomic E-state index is 12.1. The Hall–Kier alpha value is -2.38. The predicted octanol–water partition coefficient (Wildman–Crippen LogP) is 2.64. The summed E-state index contributed by atoms with van der Waals surface area (Å²) in [5, 5.41) is 2.90. The van der Waals surface area contributed by atoms with E-state index in [-0.39, 0.29) is 25.1 Å². The van der Waals surface area contributed by atoms with Gasteiger partial charge in [0.05, 0.1) is 12.3 Å². The molecule has 0 aliphatic carbocycles. The van der Waals surface area contributed by atoms with Crippen LogP contribution in [-0.4, -0.2) is 38.5 Å². The number of benzene rings is 2. The summed E-state index contributed by atoms with van der Waals surface area (Å²) in [6.45, 7) is 4.15. The molecule has 0 aromatic heterocycles. The van der Waals surface area contributed by atoms with Crippen LogP contribution in [0.5, 0.6) is 5.75 Å². The molecular weight excluding hydrogens is 364 g/mol. The number of ether oxygens (including phenoxy) is 1. The van der Waals surface area contributed by atoms with E-state index in [1.807, 2.05) is 38.1 Å². The minimum absolute atomic E-state index is 0.0845. The molecule has 1 amide bonds. The number of hydrogen-bond donors (Lipinski definition) is 1. The van der Waals surface area contributed by atoms with E-state index in [4.69, 9.17) is 4.74 Å². The molecule has 7 heteroatoms. The molecule has 0 spiro atoms. The van der Waals surface area contributed by atoms with E-state index in [0.717, 1.165) is 11.1 Å². The lowest BCUT2D eigenvalue weighted by Gasteiger charge is -2.16. The zero-order chi connectivity index (χ0) is 20.0. The Morgan fingerprint density at radius 3 is 2.26 bits per heavy atom. The van der Waals surface area contributed by atoms with Gasteiger partial charge in [0.2, 0.25) is 10.0 Å². The van der Waals surface area contributed by atoms with Crippen molar-refractivity contribution >= 4 is 15.9 Å². The van der Waals surface area contributed by atoms with Crippen molar-refractivity contribution in [2.75, 3.05) is 19.9 Å². The van der Waals surface area contributed by atoms with Gasteiger partial charge in [0, 0.05) is 13.6 Å². The average Bonchev–Trinajstić information content (AvgIpc) is 2.61. The Labute approximate surface area is 161 Å². The van der Waals surface area contributed by atoms with Gasteiger partial charge in [-0.25, -0.2) is 12.7 Å². The van der Waals surface area contributed by atoms with Gasteiger partial charge in [-0.3, -0.25) is 4.79 Å². The van der Waals surface area contributed by atoms with E-state index >= 15 is 0 Å². The zero-order valence-corrected chi connectivity index (χ0v) is 16.9. The summed E-state index contributed by atoms with van der Waals surface area (Å²) in [6, 6.07) is 14.9. The van der Waals surface area contributed by atoms with Gasteiger partial charge in [-0.1, -0.05) is 42.0 Å². The second kappa shape index (κ2) is 9.01. The van der Waals surface area contributed by atoms with Gasteiger partial charge in [-0.05, 0) is 37.1 Å². The van der Waals surface area contributed by atoms with E-state index in [2.05, 4.69) is 5.32 Å². The molecule has 2 aromatic carbocycles. The van der Waals surface area contributed by atoms with Gasteiger partial charge < -0.3 is 10.1 Å². The van der Waals surface area contributed by atoms with Crippen LogP contribution in [0.3, 0.4) is 0 Å². The number of hydrogen-bond acceptors (Lipinski definition) is 4. The Bertz CT molecular complexity index is 862. The van der Waals surface area contributed by atoms with Crippen molar-refractivity contribution in [3.05, 3.63) is 65.2 Å². The summed E-state index contributed by atoms with van der Waals surface area (Å²) in [6.07, 6.45) is 1.17. The van der Waals surface area contributed by atoms with E-state index in [1.54, 1.807) is 24.3 Å². The fourth-order valence-corrected chi connectivity index (χ4v) is 2.82. The van der Waals surface area contributed by atoms with Crippen LogP contribution in [0.15, 0.2) is 48.5 Å². The van der Waals surface area contributed by atoms with Crippen LogP contribution < -0.4 is 10.1 Å². The smallest absolute Gasteiger partial charge is 0.258 e. The van der Waals surface area contributed by atoms with E-state index in [9.17, 15) is 13.2 Å². The number of amides is 1. The van der Waals surface area contributed by atoms with Crippen LogP contribution in [0, 0.1) is 6.92 Å². The molecule has 1 atom stereocenters. The van der Waals surface area contributed by atoms with Gasteiger partial charge >= 0.3 is 0 Å². The van der Waals surface area contributed by atoms with Crippen LogP contribution in [0.4, 0.5) is 0 Å². The number of carbonyl (C=O) groups is 1. The molecule has 1 N–H and O–H groups in total. The van der Waals surface area contributed by atoms with Crippen molar-refractivity contribution in [2.24, 2.45) is 0 Å². The normalized spacial score (nSPS) is 12.6. The summed E-state index contributed by atoms with van der Waals surface area (Å²) in [4.78, 5) is 12.1. The third-order valence-electron chi connectivity index (χ3n) is 4.22. The maximum Gasteiger partial charge on any atom is 0.258 e. The highest BCUT2D eigenvalue weighted by atomic mass is 32.2. The van der Waals surface area contributed by atoms with E-state index in [0.29, 0.717) is 5.75 Å². The van der Waals surface area contributed by atoms with Crippen molar-refractivity contribution in [2.45, 2.75) is 26.4 Å². The van der Waals surface area contributed by atoms with Gasteiger partial charge in [0.1, 0.15) is 5.75 Å². The second-order valence-corrected chi connectivity index (χ2v) is 8.74. The number of rotatable bonds is 8. The first-order chi connectivity index (χ1) is 12.6. The molecule has 0 aliphatic rings. The highest BCUT2D eigenvalue weighted by Crippen LogP contribution is 2.15. The Morgan fingerprint density at radius 1 is 1.11 bits per heavy atom. The molecule has 27 heavy (non-hydrogen) atoms. The Balaban J connectivity index is 1.83. The standard InChI is InChI=1S/C20H26N2O4S/c1-15-5-9-18(10-6-15)16(2)21-20(23)14-26-19-11-7-17(8-12-19)13-22(3)27(4,24)25/h5-12,16H,13-14H2,1-4H3,(H,21,23)/t16-/m0/s1. The van der Waals surface area contributed by atoms with E-state index in [1.165, 1.54) is 23.2 Å². The molecule has 0 heterocycles. The number of carbonyl (C=O) groups excluding carboxylic acids is 1. The van der Waals surface area contributed by atoms with Gasteiger partial charge in [-0.2, -0.15) is 0 Å². The lowest BCUT2D eigenvalue weighted by molar-refractivity contribution is -0.123. The van der Waals surface area contributed by atoms with Crippen molar-refractivity contribution in [1.29, 1.82) is 0 Å². The number of nitrogens with zero attached hydrogens (tertiary/aromatic N) is 1. The quantitative estimate of drug-likeness (QED) is 0.752. The lowest BCUT2D eigenvalue weighted by Crippen LogP contribution is -2.31. The van der Waals surface area contributed by atoms with Crippen LogP contribution in [0.1, 0.15) is 29.7 Å². The molecule has 6 nitrogen and oxygen atoms in total. The van der Waals surface area contributed by atoms with E-state index < -0.39 is 10.0 Å². The van der Waals surface area contributed by atoms with Crippen molar-refractivity contribution < 1.29 is 17.9 Å². The predicted molar refractivity (Wildman–Crippen MR) is 106 cm³/mol. The van der Waals surface area contributed by atoms with Crippen LogP contribution >= 0.6 is 0 Å². The highest BCUT2D eigenvalue weighted by molar-refractivity contribution is 7.88. The van der Waals surface area contributed by atoms with Crippen LogP contribution in [0.25, 0.3) is 0 Å². The molecular formula is C20H26N2O4S. The SMILES string of the molecule is Cc1ccc([C@H](C)NC(=O)COc2ccc(CN(C)S(C)(=O)=O)cc2)cc1. The molecule has 146 valence electrons. The molecule has 0 fully saturated rings. The highest BCUT2D eigenvalue weighted by Gasteiger charge is 2.12. The Kier molecular flexibility index (Phi) is 6.98. The molecule has 2 aromatic rings. The summed E-state index contributed by atoms with van der Waals surface area (Å²) in [5.74, 6) is 0.350. The first-order valence-electron chi connectivity index (χ1n) is 8.64. The van der Waals surface area contributed by atoms with Crippen molar-refractivity contribution in [1.82, 2.24) is 9.62 Å². The maximum atomic E-state index is 12.1. The summed E-state index contributed by atoms with van der Waals surface area (Å²) >= 11 is 0. The van der Waals surface area contributed by atoms with Gasteiger partial charge in [-0.15, -0.1) is 0 Å². The number of sulfonamides is 1. The molecule has 0 bridgehead atoms. The molecule has 0 saturated heterocycles. The van der Waals surface area contributed by atoms with Gasteiger partial charge in [0.25, 0.3) is 5.91 Å². The number of nitrogens with one attached hydrogen (secondary N) is 1. The monoisotopic (exact) mass is 390 g/mol. The van der Waals surface area contributed by atoms with Crippen LogP contribution in [0.2, 0.25) is 0 Å². The average molecular weight is 391 g/mol. The summed E-state index contributed by atoms with van der Waals surface area (Å²) < 4.78 is 29.7. The zero-order valence-electron chi connectivity index (χ0n) is 16.1. The minimum atomic E-state index is -3.22. The fraction of sp³-hybridized carbons (Fsp3) is 0.350. The largest absolute Gasteiger partial charge is 0.484 e. The molecule has 0 radical (unpaired) electrons. The first kappa shape index (κ1) is 20.9. The van der Waals surface area contributed by atoms with Gasteiger partial charge in [0.15, 0.2) is 6.61 Å². The number of aryl methyl sites for hydroxylation is 1. The van der Waals surface area contributed by atoms with Crippen molar-refractivity contribution in [3.8, 4) is 5.75 Å². The van der Waals surface area contributed by atoms with Crippen molar-refractivity contribution in [3.63, 3.8) is 0 Å². The fourth-order valence-electron chi connectivity index (χ4n) is 2.44. The molecule has 0 unspecified atom stereocenters. The molecule has 0 aliphatic heterocycles. The molecule has 0 saturated carbocycles. The third kappa shape index (κ3) is 6.69. The minimum Gasteiger partial charge on any atom is -0.484 e. The second-order valence-electron chi connectivity index (χ2n) is 6.65. The van der Waals surface area contributed by atoms with Crippen LogP contribution in [-0.2, 0) is 21.4 Å². The summed E-state index contributed by atoms with van der Waals surface area (Å²) in [5.41, 5.74) is 3.05.